The third-order valence-corrected chi connectivity index (χ3v) is 3.31. The molecule has 0 aliphatic carbocycles. The molecule has 1 heterocycles. The second-order valence-electron chi connectivity index (χ2n) is 4.84. The van der Waals surface area contributed by atoms with E-state index in [2.05, 4.69) is 14.5 Å². The van der Waals surface area contributed by atoms with E-state index in [1.165, 1.54) is 12.1 Å². The number of para-hydroxylation sites is 1. The van der Waals surface area contributed by atoms with Crippen LogP contribution in [0.2, 0.25) is 0 Å². The Morgan fingerprint density at radius 3 is 2.70 bits per heavy atom. The minimum Gasteiger partial charge on any atom is -0.496 e. The minimum atomic E-state index is -3.65. The van der Waals surface area contributed by atoms with Crippen LogP contribution in [0.15, 0.2) is 47.5 Å². The fourth-order valence-electron chi connectivity index (χ4n) is 2.20. The number of alkyl halides is 2. The summed E-state index contributed by atoms with van der Waals surface area (Å²) in [5.41, 5.74) is 7.26. The van der Waals surface area contributed by atoms with Crippen LogP contribution in [-0.2, 0) is 6.54 Å². The van der Waals surface area contributed by atoms with Crippen LogP contribution >= 0.6 is 0 Å². The fraction of sp³-hybridized carbons (Fsp3) is 0.188. The average molecular weight is 320 g/mol. The van der Waals surface area contributed by atoms with Gasteiger partial charge in [-0.05, 0) is 24.3 Å². The van der Waals surface area contributed by atoms with Gasteiger partial charge in [0.2, 0.25) is 0 Å². The summed E-state index contributed by atoms with van der Waals surface area (Å²) in [6.07, 6.45) is -3.65. The van der Waals surface area contributed by atoms with Gasteiger partial charge in [0.05, 0.1) is 13.7 Å². The number of nitrogens with two attached hydrogens (primary N) is 1. The fourth-order valence-corrected chi connectivity index (χ4v) is 2.20. The van der Waals surface area contributed by atoms with Crippen molar-refractivity contribution in [2.45, 2.75) is 12.8 Å². The summed E-state index contributed by atoms with van der Waals surface area (Å²) in [4.78, 5) is 4.27. The van der Waals surface area contributed by atoms with E-state index < -0.39 is 6.29 Å². The summed E-state index contributed by atoms with van der Waals surface area (Å²) in [5, 5.41) is 0. The molecule has 0 radical (unpaired) electrons. The Bertz CT molecular complexity index is 763. The third kappa shape index (κ3) is 3.18. The summed E-state index contributed by atoms with van der Waals surface area (Å²) in [5.74, 6) is 0.811. The van der Waals surface area contributed by atoms with E-state index in [1.54, 1.807) is 13.2 Å². The van der Waals surface area contributed by atoms with Crippen molar-refractivity contribution < 1.29 is 23.0 Å². The van der Waals surface area contributed by atoms with Crippen molar-refractivity contribution in [3.8, 4) is 17.2 Å². The van der Waals surface area contributed by atoms with Crippen molar-refractivity contribution in [1.29, 1.82) is 0 Å². The van der Waals surface area contributed by atoms with Crippen LogP contribution in [0.25, 0.3) is 0 Å². The Labute approximate surface area is 131 Å². The Morgan fingerprint density at radius 1 is 1.17 bits per heavy atom. The van der Waals surface area contributed by atoms with Gasteiger partial charge in [-0.15, -0.1) is 8.78 Å². The molecule has 0 aromatic heterocycles. The smallest absolute Gasteiger partial charge is 0.496 e. The Kier molecular flexibility index (Phi) is 3.77. The third-order valence-electron chi connectivity index (χ3n) is 3.31. The van der Waals surface area contributed by atoms with Crippen LogP contribution in [-0.4, -0.2) is 19.2 Å². The van der Waals surface area contributed by atoms with E-state index in [4.69, 9.17) is 10.5 Å². The zero-order chi connectivity index (χ0) is 16.4. The van der Waals surface area contributed by atoms with Gasteiger partial charge in [0.25, 0.3) is 0 Å². The van der Waals surface area contributed by atoms with Gasteiger partial charge in [-0.1, -0.05) is 18.2 Å². The Hall–Kier alpha value is -2.83. The number of halogens is 2. The number of rotatable bonds is 4. The van der Waals surface area contributed by atoms with Gasteiger partial charge in [0, 0.05) is 11.1 Å². The highest BCUT2D eigenvalue weighted by Gasteiger charge is 2.43. The number of ether oxygens (including phenoxy) is 3. The van der Waals surface area contributed by atoms with Crippen molar-refractivity contribution in [2.75, 3.05) is 7.11 Å². The molecule has 1 aliphatic heterocycles. The standard InChI is InChI=1S/C16H14F2N2O3/c1-21-12-5-3-2-4-11(12)9-20-15(19)10-6-7-13-14(8-10)23-16(17,18)22-13/h2-8H,9H2,1H3,(H2,19,20). The molecule has 0 atom stereocenters. The Morgan fingerprint density at radius 2 is 1.91 bits per heavy atom. The highest BCUT2D eigenvalue weighted by atomic mass is 19.3. The van der Waals surface area contributed by atoms with Gasteiger partial charge in [0.1, 0.15) is 11.6 Å². The molecule has 5 nitrogen and oxygen atoms in total. The van der Waals surface area contributed by atoms with Crippen LogP contribution in [0, 0.1) is 0 Å². The van der Waals surface area contributed by atoms with Crippen molar-refractivity contribution in [2.24, 2.45) is 10.7 Å². The molecule has 0 spiro atoms. The predicted molar refractivity (Wildman–Crippen MR) is 80.1 cm³/mol. The molecule has 0 saturated heterocycles. The van der Waals surface area contributed by atoms with Crippen LogP contribution in [0.1, 0.15) is 11.1 Å². The molecule has 3 rings (SSSR count). The molecule has 1 aliphatic rings. The SMILES string of the molecule is COc1ccccc1CN=C(N)c1ccc2c(c1)OC(F)(F)O2. The Balaban J connectivity index is 1.80. The second-order valence-corrected chi connectivity index (χ2v) is 4.84. The maximum absolute atomic E-state index is 13.0. The molecule has 23 heavy (non-hydrogen) atoms. The van der Waals surface area contributed by atoms with Crippen molar-refractivity contribution in [3.63, 3.8) is 0 Å². The summed E-state index contributed by atoms with van der Waals surface area (Å²) in [6.45, 7) is 0.306. The lowest BCUT2D eigenvalue weighted by Crippen LogP contribution is -2.25. The number of hydrogen-bond donors (Lipinski definition) is 1. The normalized spacial score (nSPS) is 15.5. The van der Waals surface area contributed by atoms with Crippen molar-refractivity contribution in [1.82, 2.24) is 0 Å². The van der Waals surface area contributed by atoms with E-state index in [0.717, 1.165) is 5.56 Å². The summed E-state index contributed by atoms with van der Waals surface area (Å²) in [7, 11) is 1.57. The number of fused-ring (bicyclic) bond motifs is 1. The lowest BCUT2D eigenvalue weighted by Gasteiger charge is -2.07. The van der Waals surface area contributed by atoms with Crippen LogP contribution in [0.4, 0.5) is 8.78 Å². The van der Waals surface area contributed by atoms with E-state index in [-0.39, 0.29) is 17.3 Å². The number of hydrogen-bond acceptors (Lipinski definition) is 4. The van der Waals surface area contributed by atoms with Crippen LogP contribution in [0.5, 0.6) is 17.2 Å². The second kappa shape index (κ2) is 5.75. The average Bonchev–Trinajstić information content (AvgIpc) is 2.85. The van der Waals surface area contributed by atoms with Crippen LogP contribution in [0.3, 0.4) is 0 Å². The highest BCUT2D eigenvalue weighted by molar-refractivity contribution is 5.98. The number of amidine groups is 1. The number of nitrogens with zero attached hydrogens (tertiary/aromatic N) is 1. The summed E-state index contributed by atoms with van der Waals surface area (Å²) >= 11 is 0. The van der Waals surface area contributed by atoms with Gasteiger partial charge < -0.3 is 19.9 Å². The molecule has 2 N–H and O–H groups in total. The molecule has 0 fully saturated rings. The predicted octanol–water partition coefficient (Wildman–Crippen LogP) is 2.92. The zero-order valence-corrected chi connectivity index (χ0v) is 12.3. The van der Waals surface area contributed by atoms with Crippen molar-refractivity contribution >= 4 is 5.84 Å². The molecule has 0 unspecified atom stereocenters. The molecule has 120 valence electrons. The van der Waals surface area contributed by atoms with Gasteiger partial charge in [-0.25, -0.2) is 0 Å². The minimum absolute atomic E-state index is 0.0312. The quantitative estimate of drug-likeness (QED) is 0.695. The van der Waals surface area contributed by atoms with Crippen molar-refractivity contribution in [3.05, 3.63) is 53.6 Å². The van der Waals surface area contributed by atoms with Gasteiger partial charge >= 0.3 is 6.29 Å². The van der Waals surface area contributed by atoms with Gasteiger partial charge in [-0.2, -0.15) is 0 Å². The molecule has 2 aromatic carbocycles. The number of benzene rings is 2. The summed E-state index contributed by atoms with van der Waals surface area (Å²) < 4.78 is 40.0. The van der Waals surface area contributed by atoms with Crippen LogP contribution < -0.4 is 19.9 Å². The monoisotopic (exact) mass is 320 g/mol. The topological polar surface area (TPSA) is 66.1 Å². The van der Waals surface area contributed by atoms with E-state index in [0.29, 0.717) is 17.9 Å². The first-order valence-corrected chi connectivity index (χ1v) is 6.80. The molecular weight excluding hydrogens is 306 g/mol. The highest BCUT2D eigenvalue weighted by Crippen LogP contribution is 2.41. The first-order valence-electron chi connectivity index (χ1n) is 6.80. The zero-order valence-electron chi connectivity index (χ0n) is 12.3. The van der Waals surface area contributed by atoms with E-state index >= 15 is 0 Å². The molecular formula is C16H14F2N2O3. The lowest BCUT2D eigenvalue weighted by molar-refractivity contribution is -0.286. The van der Waals surface area contributed by atoms with E-state index in [9.17, 15) is 8.78 Å². The number of aliphatic imine (C=N–C) groups is 1. The molecule has 0 saturated carbocycles. The molecule has 7 heteroatoms. The van der Waals surface area contributed by atoms with Gasteiger partial charge in [-0.3, -0.25) is 4.99 Å². The maximum Gasteiger partial charge on any atom is 0.586 e. The molecule has 2 aromatic rings. The summed E-state index contributed by atoms with van der Waals surface area (Å²) in [6, 6.07) is 11.7. The molecule has 0 bridgehead atoms. The molecule has 0 amide bonds. The largest absolute Gasteiger partial charge is 0.586 e. The van der Waals surface area contributed by atoms with Gasteiger partial charge in [0.15, 0.2) is 11.5 Å². The first-order chi connectivity index (χ1) is 11.0. The lowest BCUT2D eigenvalue weighted by atomic mass is 10.1. The maximum atomic E-state index is 13.0. The first kappa shape index (κ1) is 15.1. The number of methoxy groups -OCH3 is 1. The van der Waals surface area contributed by atoms with E-state index in [1.807, 2.05) is 24.3 Å².